The Bertz CT molecular complexity index is 152. The van der Waals surface area contributed by atoms with Crippen molar-refractivity contribution in [1.29, 1.82) is 0 Å². The Morgan fingerprint density at radius 1 is 1.69 bits per heavy atom. The Morgan fingerprint density at radius 3 is 2.77 bits per heavy atom. The normalized spacial score (nSPS) is 13.2. The maximum atomic E-state index is 10.4. The Morgan fingerprint density at radius 2 is 2.31 bits per heavy atom. The van der Waals surface area contributed by atoms with Crippen molar-refractivity contribution >= 4 is 5.91 Å². The molecule has 0 saturated carbocycles. The second-order valence-electron chi connectivity index (χ2n) is 3.09. The van der Waals surface area contributed by atoms with Gasteiger partial charge in [-0.3, -0.25) is 4.79 Å². The third kappa shape index (κ3) is 7.70. The summed E-state index contributed by atoms with van der Waals surface area (Å²) >= 11 is 0. The van der Waals surface area contributed by atoms with E-state index in [-0.39, 0.29) is 5.91 Å². The second-order valence-corrected chi connectivity index (χ2v) is 3.09. The molecule has 0 aliphatic rings. The Balaban J connectivity index is 3.48. The third-order valence-electron chi connectivity index (χ3n) is 1.62. The van der Waals surface area contributed by atoms with Crippen LogP contribution in [0.25, 0.3) is 0 Å². The summed E-state index contributed by atoms with van der Waals surface area (Å²) in [5.41, 5.74) is 4.98. The van der Waals surface area contributed by atoms with Crippen LogP contribution in [-0.4, -0.2) is 55.9 Å². The molecule has 0 bridgehead atoms. The van der Waals surface area contributed by atoms with Crippen molar-refractivity contribution in [3.05, 3.63) is 0 Å². The number of hydrogen-bond acceptors (Lipinski definition) is 4. The van der Waals surface area contributed by atoms with E-state index in [0.717, 1.165) is 0 Å². The summed E-state index contributed by atoms with van der Waals surface area (Å²) in [7, 11) is 3.36. The average Bonchev–Trinajstić information content (AvgIpc) is 2.01. The highest BCUT2D eigenvalue weighted by atomic mass is 16.5. The van der Waals surface area contributed by atoms with Gasteiger partial charge < -0.3 is 20.5 Å². The van der Waals surface area contributed by atoms with Crippen molar-refractivity contribution in [2.24, 2.45) is 5.73 Å². The fourth-order valence-electron chi connectivity index (χ4n) is 0.997. The molecule has 1 atom stereocenters. The van der Waals surface area contributed by atoms with E-state index in [9.17, 15) is 9.90 Å². The van der Waals surface area contributed by atoms with Crippen LogP contribution < -0.4 is 5.73 Å². The van der Waals surface area contributed by atoms with E-state index in [4.69, 9.17) is 10.5 Å². The molecule has 78 valence electrons. The van der Waals surface area contributed by atoms with Crippen LogP contribution in [0.15, 0.2) is 0 Å². The van der Waals surface area contributed by atoms with E-state index in [1.54, 1.807) is 0 Å². The smallest absolute Gasteiger partial charge is 0.218 e. The predicted molar refractivity (Wildman–Crippen MR) is 49.2 cm³/mol. The summed E-state index contributed by atoms with van der Waals surface area (Å²) in [5, 5.41) is 9.30. The van der Waals surface area contributed by atoms with Crippen molar-refractivity contribution in [3.63, 3.8) is 0 Å². The van der Waals surface area contributed by atoms with Crippen LogP contribution in [0.1, 0.15) is 6.42 Å². The summed E-state index contributed by atoms with van der Waals surface area (Å²) in [6.07, 6.45) is -0.196. The maximum Gasteiger partial charge on any atom is 0.218 e. The van der Waals surface area contributed by atoms with Crippen LogP contribution in [0.5, 0.6) is 0 Å². The summed E-state index contributed by atoms with van der Waals surface area (Å²) in [6, 6.07) is 0. The second kappa shape index (κ2) is 6.82. The van der Waals surface area contributed by atoms with Crippen LogP contribution in [0, 0.1) is 0 Å². The number of likely N-dealkylation sites (N-methyl/N-ethyl adjacent to an activating group) is 1. The van der Waals surface area contributed by atoms with Gasteiger partial charge in [0.25, 0.3) is 0 Å². The van der Waals surface area contributed by atoms with Gasteiger partial charge in [0, 0.05) is 26.6 Å². The molecule has 0 rings (SSSR count). The molecule has 0 aliphatic heterocycles. The lowest BCUT2D eigenvalue weighted by molar-refractivity contribution is -0.118. The Labute approximate surface area is 78.5 Å². The number of carbonyl (C=O) groups excluding carboxylic acids is 1. The molecule has 3 N–H and O–H groups in total. The molecule has 0 radical (unpaired) electrons. The minimum absolute atomic E-state index is 0.306. The van der Waals surface area contributed by atoms with Gasteiger partial charge in [-0.15, -0.1) is 0 Å². The lowest BCUT2D eigenvalue weighted by Crippen LogP contribution is -2.34. The molecule has 5 heteroatoms. The number of nitrogens with two attached hydrogens (primary N) is 1. The first-order valence-corrected chi connectivity index (χ1v) is 4.20. The van der Waals surface area contributed by atoms with E-state index < -0.39 is 6.10 Å². The third-order valence-corrected chi connectivity index (χ3v) is 1.62. The molecule has 0 aromatic heterocycles. The van der Waals surface area contributed by atoms with Crippen molar-refractivity contribution in [2.75, 3.05) is 33.9 Å². The van der Waals surface area contributed by atoms with E-state index in [0.29, 0.717) is 26.1 Å². The molecule has 0 aromatic rings. The van der Waals surface area contributed by atoms with Gasteiger partial charge in [0.2, 0.25) is 5.91 Å². The summed E-state index contributed by atoms with van der Waals surface area (Å²) in [5.74, 6) is -0.326. The fraction of sp³-hybridized carbons (Fsp3) is 0.875. The van der Waals surface area contributed by atoms with Gasteiger partial charge in [-0.05, 0) is 7.05 Å². The van der Waals surface area contributed by atoms with Gasteiger partial charge in [0.05, 0.1) is 12.7 Å². The zero-order chi connectivity index (χ0) is 10.3. The largest absolute Gasteiger partial charge is 0.389 e. The summed E-state index contributed by atoms with van der Waals surface area (Å²) < 4.78 is 4.76. The van der Waals surface area contributed by atoms with Crippen LogP contribution in [0.3, 0.4) is 0 Å². The van der Waals surface area contributed by atoms with Crippen molar-refractivity contribution in [3.8, 4) is 0 Å². The molecule has 0 aliphatic carbocycles. The van der Waals surface area contributed by atoms with Gasteiger partial charge in [0.1, 0.15) is 0 Å². The zero-order valence-electron chi connectivity index (χ0n) is 8.19. The number of rotatable bonds is 7. The Hall–Kier alpha value is -0.650. The van der Waals surface area contributed by atoms with Crippen molar-refractivity contribution in [1.82, 2.24) is 4.90 Å². The first-order valence-electron chi connectivity index (χ1n) is 4.20. The maximum absolute atomic E-state index is 10.4. The molecule has 5 nitrogen and oxygen atoms in total. The lowest BCUT2D eigenvalue weighted by Gasteiger charge is -2.19. The van der Waals surface area contributed by atoms with Crippen LogP contribution in [0.2, 0.25) is 0 Å². The summed E-state index contributed by atoms with van der Waals surface area (Å²) in [4.78, 5) is 12.3. The van der Waals surface area contributed by atoms with Gasteiger partial charge in [-0.1, -0.05) is 0 Å². The highest BCUT2D eigenvalue weighted by Gasteiger charge is 2.07. The predicted octanol–water partition coefficient (Wildman–Crippen LogP) is -1.20. The van der Waals surface area contributed by atoms with Crippen molar-refractivity contribution in [2.45, 2.75) is 12.5 Å². The number of carbonyl (C=O) groups is 1. The standard InChI is InChI=1S/C8H18N2O3/c1-10(4-3-8(9)12)5-7(11)6-13-2/h7,11H,3-6H2,1-2H3,(H2,9,12). The number of hydrogen-bond donors (Lipinski definition) is 2. The van der Waals surface area contributed by atoms with Crippen LogP contribution >= 0.6 is 0 Å². The monoisotopic (exact) mass is 190 g/mol. The SMILES string of the molecule is COCC(O)CN(C)CCC(N)=O. The highest BCUT2D eigenvalue weighted by Crippen LogP contribution is 1.91. The number of nitrogens with zero attached hydrogens (tertiary/aromatic N) is 1. The number of primary amides is 1. The number of methoxy groups -OCH3 is 1. The van der Waals surface area contributed by atoms with Crippen LogP contribution in [-0.2, 0) is 9.53 Å². The number of aliphatic hydroxyl groups excluding tert-OH is 1. The number of ether oxygens (including phenoxy) is 1. The van der Waals surface area contributed by atoms with Gasteiger partial charge >= 0.3 is 0 Å². The minimum atomic E-state index is -0.511. The van der Waals surface area contributed by atoms with E-state index in [1.165, 1.54) is 7.11 Å². The topological polar surface area (TPSA) is 75.8 Å². The summed E-state index contributed by atoms with van der Waals surface area (Å²) in [6.45, 7) is 1.36. The molecule has 1 amide bonds. The molecular weight excluding hydrogens is 172 g/mol. The zero-order valence-corrected chi connectivity index (χ0v) is 8.19. The first-order chi connectivity index (χ1) is 6.06. The molecule has 13 heavy (non-hydrogen) atoms. The molecule has 1 unspecified atom stereocenters. The number of amides is 1. The molecule has 0 fully saturated rings. The minimum Gasteiger partial charge on any atom is -0.389 e. The number of aliphatic hydroxyl groups is 1. The molecule has 0 heterocycles. The first kappa shape index (κ1) is 12.3. The fourth-order valence-corrected chi connectivity index (χ4v) is 0.997. The van der Waals surface area contributed by atoms with Crippen molar-refractivity contribution < 1.29 is 14.6 Å². The Kier molecular flexibility index (Phi) is 6.48. The van der Waals surface area contributed by atoms with Crippen LogP contribution in [0.4, 0.5) is 0 Å². The quantitative estimate of drug-likeness (QED) is 0.529. The van der Waals surface area contributed by atoms with E-state index >= 15 is 0 Å². The average molecular weight is 190 g/mol. The van der Waals surface area contributed by atoms with Gasteiger partial charge in [-0.2, -0.15) is 0 Å². The lowest BCUT2D eigenvalue weighted by atomic mass is 10.3. The van der Waals surface area contributed by atoms with Gasteiger partial charge in [-0.25, -0.2) is 0 Å². The molecule has 0 saturated heterocycles. The highest BCUT2D eigenvalue weighted by molar-refractivity contribution is 5.73. The molecule has 0 aromatic carbocycles. The molecule has 0 spiro atoms. The molecular formula is C8H18N2O3. The van der Waals surface area contributed by atoms with E-state index in [2.05, 4.69) is 0 Å². The van der Waals surface area contributed by atoms with Gasteiger partial charge in [0.15, 0.2) is 0 Å². The van der Waals surface area contributed by atoms with E-state index in [1.807, 2.05) is 11.9 Å².